The molecule has 4 rings (SSSR count). The van der Waals surface area contributed by atoms with E-state index in [0.29, 0.717) is 31.6 Å². The maximum atomic E-state index is 13.2. The molecule has 194 valence electrons. The maximum Gasteiger partial charge on any atom is 0.309 e. The van der Waals surface area contributed by atoms with Crippen molar-refractivity contribution in [1.82, 2.24) is 25.8 Å². The number of nitrogens with zero attached hydrogens (tertiary/aromatic N) is 2. The molecule has 0 aromatic heterocycles. The van der Waals surface area contributed by atoms with Gasteiger partial charge in [-0.3, -0.25) is 19.2 Å². The van der Waals surface area contributed by atoms with Gasteiger partial charge in [0.05, 0.1) is 30.5 Å². The summed E-state index contributed by atoms with van der Waals surface area (Å²) >= 11 is 1.58. The third-order valence-corrected chi connectivity index (χ3v) is 9.08. The molecule has 0 aromatic rings. The first-order valence-corrected chi connectivity index (χ1v) is 13.1. The Morgan fingerprint density at radius 2 is 1.91 bits per heavy atom. The van der Waals surface area contributed by atoms with E-state index < -0.39 is 11.9 Å². The Morgan fingerprint density at radius 1 is 1.23 bits per heavy atom. The number of fused-ring (bicyclic) bond motifs is 1. The van der Waals surface area contributed by atoms with Crippen LogP contribution in [0.15, 0.2) is 10.6 Å². The molecule has 3 saturated heterocycles. The summed E-state index contributed by atoms with van der Waals surface area (Å²) in [5.41, 5.74) is 6.44. The van der Waals surface area contributed by atoms with E-state index in [1.807, 2.05) is 13.8 Å². The number of carboxylic acid groups (broad SMARTS) is 1. The first kappa shape index (κ1) is 25.9. The number of nitrogens with one attached hydrogen (secondary N) is 3. The number of carbonyl (C=O) groups is 4. The Labute approximate surface area is 209 Å². The van der Waals surface area contributed by atoms with Crippen molar-refractivity contribution in [1.29, 1.82) is 0 Å². The van der Waals surface area contributed by atoms with Crippen molar-refractivity contribution < 1.29 is 24.3 Å². The van der Waals surface area contributed by atoms with Gasteiger partial charge < -0.3 is 36.6 Å². The van der Waals surface area contributed by atoms with E-state index in [2.05, 4.69) is 16.0 Å². The number of hydrogen-bond acceptors (Lipinski definition) is 8. The van der Waals surface area contributed by atoms with Crippen molar-refractivity contribution in [3.05, 3.63) is 10.6 Å². The van der Waals surface area contributed by atoms with Gasteiger partial charge in [0.2, 0.25) is 17.7 Å². The predicted octanol–water partition coefficient (Wildman–Crippen LogP) is -1.10. The Bertz CT molecular complexity index is 941. The number of carboxylic acids is 1. The molecule has 11 nitrogen and oxygen atoms in total. The lowest BCUT2D eigenvalue weighted by Crippen LogP contribution is -2.66. The Morgan fingerprint density at radius 3 is 2.51 bits per heavy atom. The topological polar surface area (TPSA) is 157 Å². The average molecular weight is 509 g/mol. The summed E-state index contributed by atoms with van der Waals surface area (Å²) in [5, 5.41) is 19.0. The van der Waals surface area contributed by atoms with Gasteiger partial charge in [-0.15, -0.1) is 11.8 Å². The molecule has 4 aliphatic rings. The monoisotopic (exact) mass is 508 g/mol. The summed E-state index contributed by atoms with van der Waals surface area (Å²) in [6, 6.07) is -1.26. The molecule has 6 N–H and O–H groups in total. The molecule has 0 saturated carbocycles. The minimum Gasteiger partial charge on any atom is -0.481 e. The summed E-state index contributed by atoms with van der Waals surface area (Å²) in [4.78, 5) is 54.0. The second-order valence-corrected chi connectivity index (χ2v) is 11.7. The van der Waals surface area contributed by atoms with Gasteiger partial charge in [0.15, 0.2) is 0 Å². The van der Waals surface area contributed by atoms with Crippen LogP contribution in [0.4, 0.5) is 0 Å². The van der Waals surface area contributed by atoms with Gasteiger partial charge >= 0.3 is 5.97 Å². The lowest BCUT2D eigenvalue weighted by molar-refractivity contribution is -0.155. The van der Waals surface area contributed by atoms with E-state index in [-0.39, 0.29) is 65.5 Å². The summed E-state index contributed by atoms with van der Waals surface area (Å²) in [6.07, 6.45) is 0.969. The highest BCUT2D eigenvalue weighted by Crippen LogP contribution is 2.52. The largest absolute Gasteiger partial charge is 0.481 e. The van der Waals surface area contributed by atoms with Crippen LogP contribution in [0.25, 0.3) is 0 Å². The van der Waals surface area contributed by atoms with Crippen LogP contribution in [0.3, 0.4) is 0 Å². The van der Waals surface area contributed by atoms with Gasteiger partial charge in [-0.1, -0.05) is 6.92 Å². The van der Waals surface area contributed by atoms with Crippen molar-refractivity contribution in [3.8, 4) is 0 Å². The van der Waals surface area contributed by atoms with Gasteiger partial charge in [-0.05, 0) is 19.8 Å². The zero-order valence-electron chi connectivity index (χ0n) is 20.6. The van der Waals surface area contributed by atoms with Gasteiger partial charge in [0.25, 0.3) is 0 Å². The number of rotatable bonds is 8. The van der Waals surface area contributed by atoms with E-state index in [1.165, 1.54) is 0 Å². The number of carbonyl (C=O) groups excluding carboxylic acids is 3. The lowest BCUT2D eigenvalue weighted by Gasteiger charge is -2.48. The van der Waals surface area contributed by atoms with Crippen LogP contribution in [-0.2, 0) is 19.2 Å². The van der Waals surface area contributed by atoms with Crippen LogP contribution in [0.2, 0.25) is 0 Å². The van der Waals surface area contributed by atoms with Crippen molar-refractivity contribution in [2.24, 2.45) is 17.6 Å². The minimum atomic E-state index is -0.989. The lowest BCUT2D eigenvalue weighted by atomic mass is 9.78. The van der Waals surface area contributed by atoms with Crippen molar-refractivity contribution >= 4 is 35.5 Å². The van der Waals surface area contributed by atoms with E-state index in [4.69, 9.17) is 5.73 Å². The number of hydrogen-bond donors (Lipinski definition) is 5. The molecule has 3 fully saturated rings. The molecule has 0 radical (unpaired) electrons. The summed E-state index contributed by atoms with van der Waals surface area (Å²) in [6.45, 7) is 5.07. The number of thioether (sulfide) groups is 1. The molecule has 12 heteroatoms. The fourth-order valence-corrected chi connectivity index (χ4v) is 7.25. The molecule has 0 aromatic carbocycles. The minimum absolute atomic E-state index is 0.0219. The van der Waals surface area contributed by atoms with Crippen molar-refractivity contribution in [2.45, 2.75) is 68.6 Å². The Balaban J connectivity index is 1.46. The number of likely N-dealkylation sites (N-methyl/N-ethyl adjacent to an activating group) is 1. The van der Waals surface area contributed by atoms with Crippen LogP contribution in [0.5, 0.6) is 0 Å². The summed E-state index contributed by atoms with van der Waals surface area (Å²) in [5.74, 6) is -1.76. The second-order valence-electron chi connectivity index (χ2n) is 10.3. The first-order chi connectivity index (χ1) is 16.5. The van der Waals surface area contributed by atoms with E-state index in [1.54, 1.807) is 35.7 Å². The van der Waals surface area contributed by atoms with E-state index in [0.717, 1.165) is 4.91 Å². The first-order valence-electron chi connectivity index (χ1n) is 12.2. The molecular formula is C23H36N6O5S. The SMILES string of the molecule is C[C@@H](NC(=O)[C@@H]1C[C@H](N)CN1)[C@H]1C(=O)N2C(CC(=O)O)=C(S[C@@H]3CN[C@H](C(=O)N(C)C)C3)[C@H](C)[C@H]12. The fraction of sp³-hybridized carbons (Fsp3) is 0.739. The number of nitrogens with two attached hydrogens (primary N) is 1. The number of aliphatic carboxylic acids is 1. The Hall–Kier alpha value is -2.15. The zero-order chi connectivity index (χ0) is 25.6. The predicted molar refractivity (Wildman–Crippen MR) is 131 cm³/mol. The van der Waals surface area contributed by atoms with E-state index >= 15 is 0 Å². The molecule has 0 aliphatic carbocycles. The van der Waals surface area contributed by atoms with Crippen LogP contribution < -0.4 is 21.7 Å². The average Bonchev–Trinajstić information content (AvgIpc) is 3.47. The van der Waals surface area contributed by atoms with Crippen LogP contribution >= 0.6 is 11.8 Å². The van der Waals surface area contributed by atoms with Gasteiger partial charge in [0, 0.05) is 61.0 Å². The van der Waals surface area contributed by atoms with Crippen LogP contribution in [0, 0.1) is 11.8 Å². The molecule has 4 aliphatic heterocycles. The molecule has 35 heavy (non-hydrogen) atoms. The summed E-state index contributed by atoms with van der Waals surface area (Å²) in [7, 11) is 3.45. The molecule has 0 spiro atoms. The molecule has 4 heterocycles. The van der Waals surface area contributed by atoms with E-state index in [9.17, 15) is 24.3 Å². The standard InChI is InChI=1S/C23H36N6O5S/c1-10-19-18(11(2)27-21(32)14-5-12(24)8-25-14)23(34)29(19)16(7-17(30)31)20(10)35-13-6-15(26-9-13)22(33)28(3)4/h10-15,18-19,25-26H,5-9,24H2,1-4H3,(H,27,32)(H,30,31)/t10-,11-,12+,13+,14+,15+,18-,19-/m1/s1. The second kappa shape index (κ2) is 10.1. The third kappa shape index (κ3) is 4.93. The van der Waals surface area contributed by atoms with Crippen LogP contribution in [0.1, 0.15) is 33.1 Å². The molecular weight excluding hydrogens is 472 g/mol. The molecule has 0 bridgehead atoms. The molecule has 3 amide bonds. The normalized spacial score (nSPS) is 35.1. The highest BCUT2D eigenvalue weighted by molar-refractivity contribution is 8.03. The molecule has 0 unspecified atom stereocenters. The fourth-order valence-electron chi connectivity index (χ4n) is 5.77. The number of β-lactam (4-membered cyclic amide) rings is 1. The van der Waals surface area contributed by atoms with Gasteiger partial charge in [0.1, 0.15) is 0 Å². The molecule has 8 atom stereocenters. The van der Waals surface area contributed by atoms with Crippen LogP contribution in [-0.4, -0.2) is 101 Å². The highest BCUT2D eigenvalue weighted by Gasteiger charge is 2.59. The Kier molecular flexibility index (Phi) is 7.46. The zero-order valence-corrected chi connectivity index (χ0v) is 21.4. The summed E-state index contributed by atoms with van der Waals surface area (Å²) < 4.78 is 0. The highest BCUT2D eigenvalue weighted by atomic mass is 32.2. The van der Waals surface area contributed by atoms with Crippen molar-refractivity contribution in [2.75, 3.05) is 27.2 Å². The maximum absolute atomic E-state index is 13.2. The van der Waals surface area contributed by atoms with Crippen molar-refractivity contribution in [3.63, 3.8) is 0 Å². The van der Waals surface area contributed by atoms with Gasteiger partial charge in [-0.25, -0.2) is 0 Å². The quantitative estimate of drug-likeness (QED) is 0.257. The third-order valence-electron chi connectivity index (χ3n) is 7.52. The smallest absolute Gasteiger partial charge is 0.309 e. The number of amides is 3. The van der Waals surface area contributed by atoms with Gasteiger partial charge in [-0.2, -0.15) is 0 Å².